The van der Waals surface area contributed by atoms with Gasteiger partial charge in [0, 0.05) is 5.69 Å². The van der Waals surface area contributed by atoms with Crippen LogP contribution in [0.5, 0.6) is 0 Å². The molecule has 0 heterocycles. The number of nitrogens with two attached hydrogens (primary N) is 1. The van der Waals surface area contributed by atoms with Crippen molar-refractivity contribution in [2.45, 2.75) is 20.3 Å². The van der Waals surface area contributed by atoms with Gasteiger partial charge in [0.1, 0.15) is 0 Å². The third kappa shape index (κ3) is 3.18. The number of carbonyl (C=O) groups is 1. The first-order chi connectivity index (χ1) is 9.38. The lowest BCUT2D eigenvalue weighted by Crippen LogP contribution is -2.26. The van der Waals surface area contributed by atoms with Gasteiger partial charge in [-0.25, -0.2) is 0 Å². The lowest BCUT2D eigenvalue weighted by atomic mass is 9.85. The summed E-state index contributed by atoms with van der Waals surface area (Å²) in [6, 6.07) is 15.7. The number of rotatable bonds is 4. The van der Waals surface area contributed by atoms with Crippen LogP contribution in [-0.4, -0.2) is 11.1 Å². The van der Waals surface area contributed by atoms with Gasteiger partial charge < -0.3 is 10.8 Å². The predicted octanol–water partition coefficient (Wildman–Crippen LogP) is 3.59. The molecular weight excluding hydrogens is 250 g/mol. The molecule has 0 spiro atoms. The molecule has 0 saturated carbocycles. The maximum atomic E-state index is 11.1. The van der Waals surface area contributed by atoms with Crippen molar-refractivity contribution >= 4 is 11.7 Å². The molecular formula is C17H19NO2. The highest BCUT2D eigenvalue weighted by molar-refractivity contribution is 5.74. The van der Waals surface area contributed by atoms with Crippen LogP contribution in [0.25, 0.3) is 11.1 Å². The molecule has 0 saturated heterocycles. The number of aliphatic carboxylic acids is 1. The Morgan fingerprint density at radius 1 is 1.10 bits per heavy atom. The number of hydrogen-bond donors (Lipinski definition) is 2. The summed E-state index contributed by atoms with van der Waals surface area (Å²) in [7, 11) is 0. The van der Waals surface area contributed by atoms with Crippen molar-refractivity contribution in [1.29, 1.82) is 0 Å². The number of hydrogen-bond acceptors (Lipinski definition) is 2. The van der Waals surface area contributed by atoms with Crippen LogP contribution in [0.1, 0.15) is 19.4 Å². The van der Waals surface area contributed by atoms with E-state index in [0.29, 0.717) is 6.42 Å². The number of nitrogen functional groups attached to an aromatic ring is 1. The molecule has 2 rings (SSSR count). The molecule has 0 unspecified atom stereocenters. The Balaban J connectivity index is 2.21. The highest BCUT2D eigenvalue weighted by Gasteiger charge is 2.27. The Morgan fingerprint density at radius 2 is 1.75 bits per heavy atom. The van der Waals surface area contributed by atoms with Gasteiger partial charge in [0.15, 0.2) is 0 Å². The lowest BCUT2D eigenvalue weighted by molar-refractivity contribution is -0.146. The first-order valence-corrected chi connectivity index (χ1v) is 6.57. The minimum atomic E-state index is -0.780. The van der Waals surface area contributed by atoms with Gasteiger partial charge in [-0.1, -0.05) is 36.4 Å². The molecule has 0 aliphatic carbocycles. The van der Waals surface area contributed by atoms with Crippen molar-refractivity contribution in [3.8, 4) is 11.1 Å². The Labute approximate surface area is 119 Å². The van der Waals surface area contributed by atoms with Crippen LogP contribution in [0.4, 0.5) is 5.69 Å². The predicted molar refractivity (Wildman–Crippen MR) is 81.4 cm³/mol. The SMILES string of the molecule is CC(C)(Cc1ccc(-c2cccc(N)c2)cc1)C(=O)O. The second-order valence-corrected chi connectivity index (χ2v) is 5.69. The Hall–Kier alpha value is -2.29. The third-order valence-corrected chi connectivity index (χ3v) is 3.40. The summed E-state index contributed by atoms with van der Waals surface area (Å²) in [6.07, 6.45) is 0.513. The zero-order valence-electron chi connectivity index (χ0n) is 11.8. The monoisotopic (exact) mass is 269 g/mol. The summed E-state index contributed by atoms with van der Waals surface area (Å²) in [5, 5.41) is 9.15. The van der Waals surface area contributed by atoms with E-state index < -0.39 is 11.4 Å². The second kappa shape index (κ2) is 5.37. The minimum Gasteiger partial charge on any atom is -0.481 e. The maximum Gasteiger partial charge on any atom is 0.309 e. The van der Waals surface area contributed by atoms with Gasteiger partial charge in [0.05, 0.1) is 5.41 Å². The zero-order chi connectivity index (χ0) is 14.8. The smallest absolute Gasteiger partial charge is 0.309 e. The molecule has 3 heteroatoms. The quantitative estimate of drug-likeness (QED) is 0.834. The molecule has 104 valence electrons. The maximum absolute atomic E-state index is 11.1. The standard InChI is InChI=1S/C17H19NO2/c1-17(2,16(19)20)11-12-6-8-13(9-7-12)14-4-3-5-15(18)10-14/h3-10H,11,18H2,1-2H3,(H,19,20). The van der Waals surface area contributed by atoms with Crippen molar-refractivity contribution in [1.82, 2.24) is 0 Å². The molecule has 3 nitrogen and oxygen atoms in total. The van der Waals surface area contributed by atoms with Gasteiger partial charge >= 0.3 is 5.97 Å². The molecule has 0 radical (unpaired) electrons. The molecule has 0 atom stereocenters. The van der Waals surface area contributed by atoms with E-state index in [2.05, 4.69) is 0 Å². The fourth-order valence-corrected chi connectivity index (χ4v) is 2.12. The summed E-state index contributed by atoms with van der Waals surface area (Å²) in [4.78, 5) is 11.1. The van der Waals surface area contributed by atoms with E-state index in [9.17, 15) is 4.79 Å². The van der Waals surface area contributed by atoms with Gasteiger partial charge in [-0.3, -0.25) is 4.79 Å². The largest absolute Gasteiger partial charge is 0.481 e. The average molecular weight is 269 g/mol. The highest BCUT2D eigenvalue weighted by atomic mass is 16.4. The Morgan fingerprint density at radius 3 is 2.30 bits per heavy atom. The van der Waals surface area contributed by atoms with Crippen molar-refractivity contribution in [3.63, 3.8) is 0 Å². The lowest BCUT2D eigenvalue weighted by Gasteiger charge is -2.19. The number of anilines is 1. The summed E-state index contributed by atoms with van der Waals surface area (Å²) in [6.45, 7) is 3.47. The van der Waals surface area contributed by atoms with Crippen molar-refractivity contribution in [2.24, 2.45) is 5.41 Å². The molecule has 2 aromatic rings. The van der Waals surface area contributed by atoms with E-state index in [4.69, 9.17) is 10.8 Å². The molecule has 3 N–H and O–H groups in total. The van der Waals surface area contributed by atoms with E-state index in [1.54, 1.807) is 13.8 Å². The van der Waals surface area contributed by atoms with E-state index in [1.165, 1.54) is 0 Å². The highest BCUT2D eigenvalue weighted by Crippen LogP contribution is 2.25. The van der Waals surface area contributed by atoms with E-state index >= 15 is 0 Å². The first kappa shape index (κ1) is 14.1. The van der Waals surface area contributed by atoms with Crippen LogP contribution in [0.2, 0.25) is 0 Å². The van der Waals surface area contributed by atoms with Crippen LogP contribution in [0.3, 0.4) is 0 Å². The fraction of sp³-hybridized carbons (Fsp3) is 0.235. The van der Waals surface area contributed by atoms with Crippen molar-refractivity contribution in [3.05, 3.63) is 54.1 Å². The average Bonchev–Trinajstić information content (AvgIpc) is 2.39. The molecule has 20 heavy (non-hydrogen) atoms. The van der Waals surface area contributed by atoms with Crippen molar-refractivity contribution in [2.75, 3.05) is 5.73 Å². The number of carboxylic acid groups (broad SMARTS) is 1. The van der Waals surface area contributed by atoms with Crippen molar-refractivity contribution < 1.29 is 9.90 Å². The van der Waals surface area contributed by atoms with Gasteiger partial charge in [-0.2, -0.15) is 0 Å². The molecule has 0 aromatic heterocycles. The van der Waals surface area contributed by atoms with Crippen LogP contribution < -0.4 is 5.73 Å². The van der Waals surface area contributed by atoms with Gasteiger partial charge in [-0.15, -0.1) is 0 Å². The molecule has 0 aliphatic rings. The normalized spacial score (nSPS) is 11.3. The molecule has 2 aromatic carbocycles. The van der Waals surface area contributed by atoms with E-state index in [1.807, 2.05) is 48.5 Å². The molecule has 0 aliphatic heterocycles. The third-order valence-electron chi connectivity index (χ3n) is 3.40. The Bertz CT molecular complexity index is 615. The van der Waals surface area contributed by atoms with Gasteiger partial charge in [0.2, 0.25) is 0 Å². The summed E-state index contributed by atoms with van der Waals surface area (Å²) in [5.74, 6) is -0.780. The van der Waals surface area contributed by atoms with Gasteiger partial charge in [-0.05, 0) is 49.1 Å². The summed E-state index contributed by atoms with van der Waals surface area (Å²) < 4.78 is 0. The van der Waals surface area contributed by atoms with Crippen LogP contribution in [-0.2, 0) is 11.2 Å². The number of carboxylic acids is 1. The molecule has 0 fully saturated rings. The second-order valence-electron chi connectivity index (χ2n) is 5.69. The van der Waals surface area contributed by atoms with Crippen LogP contribution in [0.15, 0.2) is 48.5 Å². The fourth-order valence-electron chi connectivity index (χ4n) is 2.12. The molecule has 0 amide bonds. The van der Waals surface area contributed by atoms with E-state index in [-0.39, 0.29) is 0 Å². The Kier molecular flexibility index (Phi) is 3.79. The topological polar surface area (TPSA) is 63.3 Å². The molecule has 0 bridgehead atoms. The summed E-state index contributed by atoms with van der Waals surface area (Å²) in [5.41, 5.74) is 8.92. The zero-order valence-corrected chi connectivity index (χ0v) is 11.8. The van der Waals surface area contributed by atoms with Gasteiger partial charge in [0.25, 0.3) is 0 Å². The van der Waals surface area contributed by atoms with Crippen LogP contribution >= 0.6 is 0 Å². The first-order valence-electron chi connectivity index (χ1n) is 6.57. The van der Waals surface area contributed by atoms with E-state index in [0.717, 1.165) is 22.4 Å². The summed E-state index contributed by atoms with van der Waals surface area (Å²) >= 11 is 0. The minimum absolute atomic E-state index is 0.513. The van der Waals surface area contributed by atoms with Crippen LogP contribution in [0, 0.1) is 5.41 Å². The number of benzene rings is 2.